The van der Waals surface area contributed by atoms with Crippen LogP contribution in [0, 0.1) is 5.41 Å². The minimum Gasteiger partial charge on any atom is -0.374 e. The first-order chi connectivity index (χ1) is 8.12. The molecule has 0 aromatic rings. The van der Waals surface area contributed by atoms with Crippen molar-refractivity contribution in [2.45, 2.75) is 44.8 Å². The van der Waals surface area contributed by atoms with Crippen LogP contribution in [0.25, 0.3) is 0 Å². The number of likely N-dealkylation sites (tertiary alicyclic amines) is 1. The SMILES string of the molecule is C=CCCN1C(=O)C2(CCCC2=O)CCC1O. The molecule has 1 saturated carbocycles. The van der Waals surface area contributed by atoms with Gasteiger partial charge < -0.3 is 10.0 Å². The van der Waals surface area contributed by atoms with Gasteiger partial charge in [0.15, 0.2) is 0 Å². The molecule has 2 aliphatic rings. The highest BCUT2D eigenvalue weighted by Crippen LogP contribution is 2.44. The predicted molar refractivity (Wildman–Crippen MR) is 63.1 cm³/mol. The van der Waals surface area contributed by atoms with Crippen LogP contribution in [0.4, 0.5) is 0 Å². The lowest BCUT2D eigenvalue weighted by atomic mass is 9.76. The van der Waals surface area contributed by atoms with E-state index in [1.165, 1.54) is 4.90 Å². The first-order valence-electron chi connectivity index (χ1n) is 6.25. The van der Waals surface area contributed by atoms with Crippen LogP contribution < -0.4 is 0 Å². The smallest absolute Gasteiger partial charge is 0.238 e. The van der Waals surface area contributed by atoms with Crippen molar-refractivity contribution >= 4 is 11.7 Å². The third kappa shape index (κ3) is 1.90. The maximum absolute atomic E-state index is 12.4. The molecule has 1 spiro atoms. The largest absolute Gasteiger partial charge is 0.374 e. The van der Waals surface area contributed by atoms with Gasteiger partial charge in [0.05, 0.1) is 0 Å². The molecule has 0 aromatic heterocycles. The van der Waals surface area contributed by atoms with E-state index in [-0.39, 0.29) is 11.7 Å². The number of aliphatic hydroxyl groups is 1. The van der Waals surface area contributed by atoms with Gasteiger partial charge in [0, 0.05) is 13.0 Å². The van der Waals surface area contributed by atoms with Gasteiger partial charge in [-0.1, -0.05) is 6.08 Å². The molecule has 94 valence electrons. The molecular formula is C13H19NO3. The highest BCUT2D eigenvalue weighted by Gasteiger charge is 2.53. The van der Waals surface area contributed by atoms with Crippen molar-refractivity contribution in [2.24, 2.45) is 5.41 Å². The molecule has 0 bridgehead atoms. The molecule has 17 heavy (non-hydrogen) atoms. The van der Waals surface area contributed by atoms with E-state index in [0.29, 0.717) is 38.6 Å². The Bertz CT molecular complexity index is 353. The second-order valence-corrected chi connectivity index (χ2v) is 4.95. The van der Waals surface area contributed by atoms with Crippen molar-refractivity contribution in [3.63, 3.8) is 0 Å². The van der Waals surface area contributed by atoms with Crippen molar-refractivity contribution in [2.75, 3.05) is 6.54 Å². The zero-order chi connectivity index (χ0) is 12.5. The third-order valence-electron chi connectivity index (χ3n) is 3.97. The fraction of sp³-hybridized carbons (Fsp3) is 0.692. The Kier molecular flexibility index (Phi) is 3.33. The van der Waals surface area contributed by atoms with Gasteiger partial charge in [-0.3, -0.25) is 9.59 Å². The standard InChI is InChI=1S/C13H19NO3/c1-2-3-9-14-11(16)6-8-13(12(14)17)7-4-5-10(13)15/h2,11,16H,1,3-9H2. The summed E-state index contributed by atoms with van der Waals surface area (Å²) in [5, 5.41) is 9.86. The van der Waals surface area contributed by atoms with Crippen LogP contribution >= 0.6 is 0 Å². The molecule has 4 heteroatoms. The summed E-state index contributed by atoms with van der Waals surface area (Å²) in [7, 11) is 0. The number of nitrogens with zero attached hydrogens (tertiary/aromatic N) is 1. The molecule has 1 aliphatic heterocycles. The zero-order valence-corrected chi connectivity index (χ0v) is 10.0. The number of ketones is 1. The molecule has 1 amide bonds. The Morgan fingerprint density at radius 3 is 2.82 bits per heavy atom. The molecule has 0 aromatic carbocycles. The number of hydrogen-bond acceptors (Lipinski definition) is 3. The summed E-state index contributed by atoms with van der Waals surface area (Å²) in [6.45, 7) is 4.07. The lowest BCUT2D eigenvalue weighted by Gasteiger charge is -2.41. The number of amides is 1. The quantitative estimate of drug-likeness (QED) is 0.593. The Morgan fingerprint density at radius 1 is 1.47 bits per heavy atom. The highest BCUT2D eigenvalue weighted by molar-refractivity contribution is 6.07. The van der Waals surface area contributed by atoms with Crippen molar-refractivity contribution in [1.82, 2.24) is 4.90 Å². The van der Waals surface area contributed by atoms with Gasteiger partial charge in [-0.05, 0) is 32.1 Å². The van der Waals surface area contributed by atoms with Gasteiger partial charge >= 0.3 is 0 Å². The van der Waals surface area contributed by atoms with E-state index in [0.717, 1.165) is 6.42 Å². The van der Waals surface area contributed by atoms with Crippen LogP contribution in [0.15, 0.2) is 12.7 Å². The van der Waals surface area contributed by atoms with Gasteiger partial charge in [0.1, 0.15) is 17.4 Å². The lowest BCUT2D eigenvalue weighted by molar-refractivity contribution is -0.165. The van der Waals surface area contributed by atoms with Crippen LogP contribution in [0.2, 0.25) is 0 Å². The Labute approximate surface area is 101 Å². The molecule has 2 atom stereocenters. The minimum atomic E-state index is -0.805. The van der Waals surface area contributed by atoms with Gasteiger partial charge in [0.2, 0.25) is 5.91 Å². The molecular weight excluding hydrogens is 218 g/mol. The number of carbonyl (C=O) groups is 2. The molecule has 1 saturated heterocycles. The molecule has 2 unspecified atom stereocenters. The van der Waals surface area contributed by atoms with E-state index in [1.54, 1.807) is 6.08 Å². The van der Waals surface area contributed by atoms with E-state index in [4.69, 9.17) is 0 Å². The van der Waals surface area contributed by atoms with Gasteiger partial charge in [-0.2, -0.15) is 0 Å². The van der Waals surface area contributed by atoms with Crippen molar-refractivity contribution in [3.05, 3.63) is 12.7 Å². The number of rotatable bonds is 3. The van der Waals surface area contributed by atoms with Crippen LogP contribution in [-0.4, -0.2) is 34.5 Å². The summed E-state index contributed by atoms with van der Waals surface area (Å²) in [4.78, 5) is 25.8. The Morgan fingerprint density at radius 2 is 2.24 bits per heavy atom. The molecule has 1 heterocycles. The van der Waals surface area contributed by atoms with Crippen LogP contribution in [-0.2, 0) is 9.59 Å². The monoisotopic (exact) mass is 237 g/mol. The van der Waals surface area contributed by atoms with E-state index in [1.807, 2.05) is 0 Å². The maximum Gasteiger partial charge on any atom is 0.238 e. The number of piperidine rings is 1. The fourth-order valence-electron chi connectivity index (χ4n) is 2.95. The molecule has 2 rings (SSSR count). The molecule has 1 N–H and O–H groups in total. The van der Waals surface area contributed by atoms with Crippen LogP contribution in [0.1, 0.15) is 38.5 Å². The maximum atomic E-state index is 12.4. The molecule has 4 nitrogen and oxygen atoms in total. The first-order valence-corrected chi connectivity index (χ1v) is 6.25. The van der Waals surface area contributed by atoms with Crippen molar-refractivity contribution in [3.8, 4) is 0 Å². The highest BCUT2D eigenvalue weighted by atomic mass is 16.3. The average Bonchev–Trinajstić information content (AvgIpc) is 2.67. The Balaban J connectivity index is 2.19. The van der Waals surface area contributed by atoms with Gasteiger partial charge in [-0.15, -0.1) is 6.58 Å². The summed E-state index contributed by atoms with van der Waals surface area (Å²) >= 11 is 0. The van der Waals surface area contributed by atoms with E-state index < -0.39 is 11.6 Å². The normalized spacial score (nSPS) is 33.5. The number of hydrogen-bond donors (Lipinski definition) is 1. The number of Topliss-reactive ketones (excluding diaryl/α,β-unsaturated/α-hetero) is 1. The van der Waals surface area contributed by atoms with Crippen LogP contribution in [0.3, 0.4) is 0 Å². The topological polar surface area (TPSA) is 57.6 Å². The zero-order valence-electron chi connectivity index (χ0n) is 10.0. The second-order valence-electron chi connectivity index (χ2n) is 4.95. The fourth-order valence-corrected chi connectivity index (χ4v) is 2.95. The summed E-state index contributed by atoms with van der Waals surface area (Å²) in [5.41, 5.74) is -0.805. The average molecular weight is 237 g/mol. The number of carbonyl (C=O) groups excluding carboxylic acids is 2. The molecule has 1 aliphatic carbocycles. The molecule has 0 radical (unpaired) electrons. The third-order valence-corrected chi connectivity index (χ3v) is 3.97. The second kappa shape index (κ2) is 4.61. The Hall–Kier alpha value is -1.16. The van der Waals surface area contributed by atoms with E-state index in [9.17, 15) is 14.7 Å². The lowest BCUT2D eigenvalue weighted by Crippen LogP contribution is -2.55. The van der Waals surface area contributed by atoms with E-state index >= 15 is 0 Å². The van der Waals surface area contributed by atoms with E-state index in [2.05, 4.69) is 6.58 Å². The van der Waals surface area contributed by atoms with Gasteiger partial charge in [-0.25, -0.2) is 0 Å². The van der Waals surface area contributed by atoms with Crippen molar-refractivity contribution < 1.29 is 14.7 Å². The minimum absolute atomic E-state index is 0.0676. The van der Waals surface area contributed by atoms with Crippen molar-refractivity contribution in [1.29, 1.82) is 0 Å². The summed E-state index contributed by atoms with van der Waals surface area (Å²) in [6.07, 6.45) is 4.62. The number of aliphatic hydroxyl groups excluding tert-OH is 1. The van der Waals surface area contributed by atoms with Gasteiger partial charge in [0.25, 0.3) is 0 Å². The molecule has 2 fully saturated rings. The summed E-state index contributed by atoms with van der Waals surface area (Å²) < 4.78 is 0. The summed E-state index contributed by atoms with van der Waals surface area (Å²) in [5.74, 6) is -0.0985. The summed E-state index contributed by atoms with van der Waals surface area (Å²) in [6, 6.07) is 0. The first kappa shape index (κ1) is 12.3. The van der Waals surface area contributed by atoms with Crippen LogP contribution in [0.5, 0.6) is 0 Å². The predicted octanol–water partition coefficient (Wildman–Crippen LogP) is 1.24.